The van der Waals surface area contributed by atoms with Gasteiger partial charge in [-0.05, 0) is 44.0 Å². The minimum atomic E-state index is -3.01. The summed E-state index contributed by atoms with van der Waals surface area (Å²) in [6.07, 6.45) is 2.21. The molecule has 0 radical (unpaired) electrons. The first-order chi connectivity index (χ1) is 12.7. The number of sulfone groups is 1. The van der Waals surface area contributed by atoms with Gasteiger partial charge in [0.05, 0.1) is 12.3 Å². The highest BCUT2D eigenvalue weighted by molar-refractivity contribution is 14.0. The summed E-state index contributed by atoms with van der Waals surface area (Å²) >= 11 is 1.83. The second-order valence-electron chi connectivity index (χ2n) is 6.84. The smallest absolute Gasteiger partial charge is 0.191 e. The Kier molecular flexibility index (Phi) is 10.5. The Hall–Kier alpha value is -1.13. The van der Waals surface area contributed by atoms with E-state index < -0.39 is 9.84 Å². The molecule has 0 fully saturated rings. The molecule has 1 heterocycles. The zero-order chi connectivity index (χ0) is 19.9. The molecule has 2 aromatic rings. The maximum absolute atomic E-state index is 11.4. The summed E-state index contributed by atoms with van der Waals surface area (Å²) < 4.78 is 22.7. The normalized spacial score (nSPS) is 12.9. The number of aryl methyl sites for hydroxylation is 1. The number of benzene rings is 1. The van der Waals surface area contributed by atoms with Gasteiger partial charge in [-0.3, -0.25) is 0 Å². The maximum atomic E-state index is 11.4. The van der Waals surface area contributed by atoms with Gasteiger partial charge in [-0.25, -0.2) is 13.4 Å². The van der Waals surface area contributed by atoms with Crippen molar-refractivity contribution in [3.63, 3.8) is 0 Å². The van der Waals surface area contributed by atoms with E-state index in [9.17, 15) is 8.42 Å². The number of halogens is 1. The fourth-order valence-corrected chi connectivity index (χ4v) is 4.53. The quantitative estimate of drug-likeness (QED) is 0.306. The lowest BCUT2D eigenvalue weighted by Crippen LogP contribution is -2.43. The van der Waals surface area contributed by atoms with Crippen LogP contribution in [-0.2, 0) is 28.6 Å². The van der Waals surface area contributed by atoms with Crippen LogP contribution in [-0.4, -0.2) is 33.2 Å². The van der Waals surface area contributed by atoms with Crippen LogP contribution in [0.4, 0.5) is 0 Å². The van der Waals surface area contributed by atoms with E-state index in [2.05, 4.69) is 41.6 Å². The average Bonchev–Trinajstić information content (AvgIpc) is 2.97. The van der Waals surface area contributed by atoms with Gasteiger partial charge in [0.1, 0.15) is 0 Å². The van der Waals surface area contributed by atoms with Gasteiger partial charge in [-0.2, -0.15) is 0 Å². The monoisotopic (exact) mass is 535 g/mol. The van der Waals surface area contributed by atoms with Crippen molar-refractivity contribution in [3.8, 4) is 0 Å². The van der Waals surface area contributed by atoms with E-state index in [0.29, 0.717) is 6.54 Å². The molecule has 0 spiro atoms. The first-order valence-corrected chi connectivity index (χ1v) is 12.0. The lowest BCUT2D eigenvalue weighted by molar-refractivity contribution is 0.601. The van der Waals surface area contributed by atoms with E-state index in [0.717, 1.165) is 30.1 Å². The zero-order valence-electron chi connectivity index (χ0n) is 16.9. The van der Waals surface area contributed by atoms with E-state index >= 15 is 0 Å². The summed E-state index contributed by atoms with van der Waals surface area (Å²) in [6, 6.07) is 12.2. The van der Waals surface area contributed by atoms with Crippen molar-refractivity contribution >= 4 is 51.1 Å². The summed E-state index contributed by atoms with van der Waals surface area (Å²) in [7, 11) is -3.01. The Labute approximate surface area is 190 Å². The van der Waals surface area contributed by atoms with Crippen molar-refractivity contribution in [2.75, 3.05) is 12.8 Å². The van der Waals surface area contributed by atoms with E-state index in [4.69, 9.17) is 0 Å². The highest BCUT2D eigenvalue weighted by atomic mass is 127. The number of nitrogens with zero attached hydrogens (tertiary/aromatic N) is 1. The summed E-state index contributed by atoms with van der Waals surface area (Å²) in [5.74, 6) is 0.860. The van der Waals surface area contributed by atoms with Gasteiger partial charge in [-0.1, -0.05) is 24.3 Å². The summed E-state index contributed by atoms with van der Waals surface area (Å²) in [4.78, 5) is 7.35. The minimum absolute atomic E-state index is 0. The number of guanidine groups is 1. The Morgan fingerprint density at radius 2 is 1.79 bits per heavy atom. The van der Waals surface area contributed by atoms with Crippen molar-refractivity contribution in [3.05, 3.63) is 57.3 Å². The molecule has 0 aliphatic heterocycles. The van der Waals surface area contributed by atoms with Gasteiger partial charge >= 0.3 is 0 Å². The molecule has 28 heavy (non-hydrogen) atoms. The molecule has 1 atom stereocenters. The lowest BCUT2D eigenvalue weighted by atomic mass is 10.1. The minimum Gasteiger partial charge on any atom is -0.357 e. The van der Waals surface area contributed by atoms with Crippen molar-refractivity contribution < 1.29 is 8.42 Å². The van der Waals surface area contributed by atoms with Gasteiger partial charge in [0.15, 0.2) is 15.8 Å². The molecule has 0 bridgehead atoms. The molecule has 5 nitrogen and oxygen atoms in total. The number of hydrogen-bond acceptors (Lipinski definition) is 4. The van der Waals surface area contributed by atoms with Crippen LogP contribution in [0.5, 0.6) is 0 Å². The second kappa shape index (κ2) is 11.8. The number of nitrogens with one attached hydrogen (secondary N) is 2. The molecule has 0 saturated carbocycles. The molecule has 0 aliphatic rings. The zero-order valence-corrected chi connectivity index (χ0v) is 20.8. The Morgan fingerprint density at radius 3 is 2.32 bits per heavy atom. The molecule has 8 heteroatoms. The first kappa shape index (κ1) is 24.9. The lowest BCUT2D eigenvalue weighted by Gasteiger charge is -2.17. The molecular formula is C20H30IN3O2S2. The summed E-state index contributed by atoms with van der Waals surface area (Å²) in [5, 5.41) is 6.73. The Morgan fingerprint density at radius 1 is 1.14 bits per heavy atom. The standard InChI is InChI=1S/C20H29N3O2S2.HI/c1-5-21-20(23-15(2)12-19-11-6-16(3)26-19)22-13-17-7-9-18(10-8-17)14-27(4,24)25;/h6-11,15H,5,12-14H2,1-4H3,(H2,21,22,23);1H. The predicted molar refractivity (Wildman–Crippen MR) is 131 cm³/mol. The van der Waals surface area contributed by atoms with Crippen molar-refractivity contribution in [1.82, 2.24) is 10.6 Å². The second-order valence-corrected chi connectivity index (χ2v) is 10.4. The molecule has 1 aromatic carbocycles. The molecule has 0 aliphatic carbocycles. The predicted octanol–water partition coefficient (Wildman–Crippen LogP) is 3.91. The van der Waals surface area contributed by atoms with Gasteiger partial charge in [0.2, 0.25) is 0 Å². The van der Waals surface area contributed by atoms with Crippen LogP contribution in [0.25, 0.3) is 0 Å². The number of rotatable bonds is 8. The third-order valence-corrected chi connectivity index (χ3v) is 5.78. The van der Waals surface area contributed by atoms with Crippen LogP contribution >= 0.6 is 35.3 Å². The average molecular weight is 536 g/mol. The largest absolute Gasteiger partial charge is 0.357 e. The van der Waals surface area contributed by atoms with Crippen LogP contribution < -0.4 is 10.6 Å². The Balaban J connectivity index is 0.00000392. The fourth-order valence-electron chi connectivity index (χ4n) is 2.72. The van der Waals surface area contributed by atoms with Crippen molar-refractivity contribution in [2.24, 2.45) is 4.99 Å². The highest BCUT2D eigenvalue weighted by Gasteiger charge is 2.08. The van der Waals surface area contributed by atoms with E-state index in [1.807, 2.05) is 42.5 Å². The van der Waals surface area contributed by atoms with E-state index in [-0.39, 0.29) is 35.8 Å². The van der Waals surface area contributed by atoms with Gasteiger partial charge < -0.3 is 10.6 Å². The maximum Gasteiger partial charge on any atom is 0.191 e. The highest BCUT2D eigenvalue weighted by Crippen LogP contribution is 2.16. The van der Waals surface area contributed by atoms with Gasteiger partial charge in [0.25, 0.3) is 0 Å². The van der Waals surface area contributed by atoms with E-state index in [1.54, 1.807) is 0 Å². The van der Waals surface area contributed by atoms with Crippen molar-refractivity contribution in [2.45, 2.75) is 45.5 Å². The van der Waals surface area contributed by atoms with Gasteiger partial charge in [0, 0.05) is 35.0 Å². The number of aliphatic imine (C=N–C) groups is 1. The third kappa shape index (κ3) is 9.38. The van der Waals surface area contributed by atoms with Crippen LogP contribution in [0.1, 0.15) is 34.7 Å². The Bertz CT molecular complexity index is 862. The molecule has 1 aromatic heterocycles. The van der Waals surface area contributed by atoms with E-state index in [1.165, 1.54) is 16.0 Å². The molecule has 2 N–H and O–H groups in total. The molecule has 1 unspecified atom stereocenters. The van der Waals surface area contributed by atoms with Crippen LogP contribution in [0.2, 0.25) is 0 Å². The van der Waals surface area contributed by atoms with Crippen LogP contribution in [0.3, 0.4) is 0 Å². The topological polar surface area (TPSA) is 70.6 Å². The molecular weight excluding hydrogens is 505 g/mol. The van der Waals surface area contributed by atoms with Crippen LogP contribution in [0, 0.1) is 6.92 Å². The summed E-state index contributed by atoms with van der Waals surface area (Å²) in [6.45, 7) is 7.66. The number of thiophene rings is 1. The molecule has 2 rings (SSSR count). The molecule has 156 valence electrons. The molecule has 0 amide bonds. The van der Waals surface area contributed by atoms with Crippen LogP contribution in [0.15, 0.2) is 41.4 Å². The number of hydrogen-bond donors (Lipinski definition) is 2. The fraction of sp³-hybridized carbons (Fsp3) is 0.450. The van der Waals surface area contributed by atoms with Gasteiger partial charge in [-0.15, -0.1) is 35.3 Å². The SMILES string of the molecule is CCNC(=NCc1ccc(CS(C)(=O)=O)cc1)NC(C)Cc1ccc(C)s1.I. The molecule has 0 saturated heterocycles. The third-order valence-electron chi connectivity index (χ3n) is 3.90. The van der Waals surface area contributed by atoms with Crippen molar-refractivity contribution in [1.29, 1.82) is 0 Å². The first-order valence-electron chi connectivity index (χ1n) is 9.11. The summed E-state index contributed by atoms with van der Waals surface area (Å²) in [5.41, 5.74) is 1.85.